The Kier molecular flexibility index (Phi) is 8.46. The second-order valence-electron chi connectivity index (χ2n) is 5.72. The first-order valence-corrected chi connectivity index (χ1v) is 7.77. The second kappa shape index (κ2) is 9.82. The van der Waals surface area contributed by atoms with Crippen LogP contribution in [-0.4, -0.2) is 44.6 Å². The van der Waals surface area contributed by atoms with Gasteiger partial charge in [-0.3, -0.25) is 4.79 Å². The van der Waals surface area contributed by atoms with E-state index in [9.17, 15) is 4.79 Å². The maximum absolute atomic E-state index is 12.7. The standard InChI is InChI=1S/C17H26N2O2.ClH/c1-18-10-7-14-8-11-19(12-9-14)17(20)16-6-4-3-5-15(16)13-21-2;/h3-6,14,18H,7-13H2,1-2H3;1H. The number of likely N-dealkylation sites (tertiary alicyclic amines) is 1. The van der Waals surface area contributed by atoms with E-state index in [-0.39, 0.29) is 18.3 Å². The molecule has 0 radical (unpaired) electrons. The molecule has 124 valence electrons. The highest BCUT2D eigenvalue weighted by atomic mass is 35.5. The van der Waals surface area contributed by atoms with Gasteiger partial charge in [0.05, 0.1) is 6.61 Å². The smallest absolute Gasteiger partial charge is 0.254 e. The van der Waals surface area contributed by atoms with Crippen molar-refractivity contribution in [1.82, 2.24) is 10.2 Å². The van der Waals surface area contributed by atoms with Gasteiger partial charge in [-0.2, -0.15) is 0 Å². The minimum atomic E-state index is 0. The highest BCUT2D eigenvalue weighted by molar-refractivity contribution is 5.95. The molecule has 4 nitrogen and oxygen atoms in total. The van der Waals surface area contributed by atoms with Gasteiger partial charge < -0.3 is 15.0 Å². The lowest BCUT2D eigenvalue weighted by Gasteiger charge is -2.32. The molecule has 2 rings (SSSR count). The van der Waals surface area contributed by atoms with Crippen LogP contribution >= 0.6 is 12.4 Å². The molecule has 0 aliphatic carbocycles. The molecule has 22 heavy (non-hydrogen) atoms. The van der Waals surface area contributed by atoms with Crippen molar-refractivity contribution in [1.29, 1.82) is 0 Å². The molecule has 0 saturated carbocycles. The van der Waals surface area contributed by atoms with Gasteiger partial charge in [0.25, 0.3) is 5.91 Å². The van der Waals surface area contributed by atoms with Crippen LogP contribution in [-0.2, 0) is 11.3 Å². The zero-order valence-electron chi connectivity index (χ0n) is 13.5. The van der Waals surface area contributed by atoms with E-state index in [1.807, 2.05) is 36.2 Å². The maximum atomic E-state index is 12.7. The molecule has 1 heterocycles. The van der Waals surface area contributed by atoms with Crippen molar-refractivity contribution in [2.45, 2.75) is 25.9 Å². The van der Waals surface area contributed by atoms with E-state index in [4.69, 9.17) is 4.74 Å². The molecule has 0 unspecified atom stereocenters. The van der Waals surface area contributed by atoms with Gasteiger partial charge in [-0.25, -0.2) is 0 Å². The number of hydrogen-bond donors (Lipinski definition) is 1. The average molecular weight is 327 g/mol. The van der Waals surface area contributed by atoms with Gasteiger partial charge in [-0.15, -0.1) is 12.4 Å². The largest absolute Gasteiger partial charge is 0.380 e. The van der Waals surface area contributed by atoms with Crippen LogP contribution in [0.25, 0.3) is 0 Å². The highest BCUT2D eigenvalue weighted by Gasteiger charge is 2.24. The topological polar surface area (TPSA) is 41.6 Å². The van der Waals surface area contributed by atoms with Crippen LogP contribution in [0.1, 0.15) is 35.2 Å². The first-order chi connectivity index (χ1) is 10.3. The van der Waals surface area contributed by atoms with Gasteiger partial charge in [0, 0.05) is 25.8 Å². The summed E-state index contributed by atoms with van der Waals surface area (Å²) in [6.07, 6.45) is 3.43. The Morgan fingerprint density at radius 2 is 2.00 bits per heavy atom. The second-order valence-corrected chi connectivity index (χ2v) is 5.72. The van der Waals surface area contributed by atoms with Crippen LogP contribution in [0.3, 0.4) is 0 Å². The Morgan fingerprint density at radius 3 is 2.64 bits per heavy atom. The number of amides is 1. The van der Waals surface area contributed by atoms with Crippen LogP contribution in [0.5, 0.6) is 0 Å². The summed E-state index contributed by atoms with van der Waals surface area (Å²) >= 11 is 0. The third-order valence-electron chi connectivity index (χ3n) is 4.25. The number of halogens is 1. The molecule has 1 fully saturated rings. The van der Waals surface area contributed by atoms with Gasteiger partial charge >= 0.3 is 0 Å². The molecule has 0 aromatic heterocycles. The van der Waals surface area contributed by atoms with Crippen molar-refractivity contribution < 1.29 is 9.53 Å². The number of carbonyl (C=O) groups excluding carboxylic acids is 1. The van der Waals surface area contributed by atoms with Gasteiger partial charge in [-0.05, 0) is 50.4 Å². The summed E-state index contributed by atoms with van der Waals surface area (Å²) in [7, 11) is 3.65. The van der Waals surface area contributed by atoms with E-state index in [0.29, 0.717) is 6.61 Å². The molecule has 1 aliphatic rings. The third-order valence-corrected chi connectivity index (χ3v) is 4.25. The number of rotatable bonds is 6. The molecule has 1 aromatic rings. The molecule has 1 N–H and O–H groups in total. The molecule has 1 aliphatic heterocycles. The highest BCUT2D eigenvalue weighted by Crippen LogP contribution is 2.22. The fourth-order valence-electron chi connectivity index (χ4n) is 2.95. The minimum absolute atomic E-state index is 0. The Labute approximate surface area is 139 Å². The number of benzene rings is 1. The Morgan fingerprint density at radius 1 is 1.32 bits per heavy atom. The summed E-state index contributed by atoms with van der Waals surface area (Å²) in [6, 6.07) is 7.75. The molecule has 0 bridgehead atoms. The minimum Gasteiger partial charge on any atom is -0.380 e. The number of ether oxygens (including phenoxy) is 1. The number of nitrogens with zero attached hydrogens (tertiary/aromatic N) is 1. The van der Waals surface area contributed by atoms with E-state index in [1.165, 1.54) is 6.42 Å². The lowest BCUT2D eigenvalue weighted by atomic mass is 9.93. The molecule has 5 heteroatoms. The van der Waals surface area contributed by atoms with Gasteiger partial charge in [0.15, 0.2) is 0 Å². The van der Waals surface area contributed by atoms with Crippen LogP contribution in [0, 0.1) is 5.92 Å². The first kappa shape index (κ1) is 18.9. The third kappa shape index (κ3) is 4.97. The first-order valence-electron chi connectivity index (χ1n) is 7.77. The number of carbonyl (C=O) groups is 1. The maximum Gasteiger partial charge on any atom is 0.254 e. The number of methoxy groups -OCH3 is 1. The van der Waals surface area contributed by atoms with Crippen molar-refractivity contribution in [2.24, 2.45) is 5.92 Å². The van der Waals surface area contributed by atoms with Crippen LogP contribution in [0.4, 0.5) is 0 Å². The fourth-order valence-corrected chi connectivity index (χ4v) is 2.95. The van der Waals surface area contributed by atoms with E-state index in [2.05, 4.69) is 5.32 Å². The molecule has 0 atom stereocenters. The lowest BCUT2D eigenvalue weighted by Crippen LogP contribution is -2.39. The molecule has 1 amide bonds. The summed E-state index contributed by atoms with van der Waals surface area (Å²) in [5, 5.41) is 3.20. The summed E-state index contributed by atoms with van der Waals surface area (Å²) in [5.74, 6) is 0.894. The molecule has 1 saturated heterocycles. The van der Waals surface area contributed by atoms with E-state index in [0.717, 1.165) is 49.5 Å². The Hall–Kier alpha value is -1.10. The lowest BCUT2D eigenvalue weighted by molar-refractivity contribution is 0.0682. The normalized spacial score (nSPS) is 15.5. The number of nitrogens with one attached hydrogen (secondary N) is 1. The number of piperidine rings is 1. The van der Waals surface area contributed by atoms with E-state index < -0.39 is 0 Å². The van der Waals surface area contributed by atoms with E-state index >= 15 is 0 Å². The van der Waals surface area contributed by atoms with Crippen molar-refractivity contribution in [2.75, 3.05) is 33.8 Å². The quantitative estimate of drug-likeness (QED) is 0.874. The molecular weight excluding hydrogens is 300 g/mol. The molecule has 1 aromatic carbocycles. The summed E-state index contributed by atoms with van der Waals surface area (Å²) in [5.41, 5.74) is 1.76. The predicted molar refractivity (Wildman–Crippen MR) is 91.6 cm³/mol. The Balaban J connectivity index is 0.00000242. The SMILES string of the molecule is CNCCC1CCN(C(=O)c2ccccc2COC)CC1.Cl. The fraction of sp³-hybridized carbons (Fsp3) is 0.588. The average Bonchev–Trinajstić information content (AvgIpc) is 2.53. The summed E-state index contributed by atoms with van der Waals surface area (Å²) in [6.45, 7) is 3.29. The Bertz CT molecular complexity index is 460. The van der Waals surface area contributed by atoms with Gasteiger partial charge in [0.1, 0.15) is 0 Å². The zero-order chi connectivity index (χ0) is 15.1. The predicted octanol–water partition coefficient (Wildman–Crippen LogP) is 2.72. The zero-order valence-corrected chi connectivity index (χ0v) is 14.3. The summed E-state index contributed by atoms with van der Waals surface area (Å²) in [4.78, 5) is 14.7. The van der Waals surface area contributed by atoms with Gasteiger partial charge in [0.2, 0.25) is 0 Å². The van der Waals surface area contributed by atoms with Crippen molar-refractivity contribution in [3.63, 3.8) is 0 Å². The monoisotopic (exact) mass is 326 g/mol. The molecular formula is C17H27ClN2O2. The van der Waals surface area contributed by atoms with Crippen molar-refractivity contribution in [3.8, 4) is 0 Å². The van der Waals surface area contributed by atoms with Gasteiger partial charge in [-0.1, -0.05) is 18.2 Å². The van der Waals surface area contributed by atoms with Crippen molar-refractivity contribution >= 4 is 18.3 Å². The van der Waals surface area contributed by atoms with Crippen molar-refractivity contribution in [3.05, 3.63) is 35.4 Å². The van der Waals surface area contributed by atoms with E-state index in [1.54, 1.807) is 7.11 Å². The molecule has 0 spiro atoms. The van der Waals surface area contributed by atoms with Crippen LogP contribution in [0.2, 0.25) is 0 Å². The van der Waals surface area contributed by atoms with Crippen LogP contribution in [0.15, 0.2) is 24.3 Å². The summed E-state index contributed by atoms with van der Waals surface area (Å²) < 4.78 is 5.19. The number of hydrogen-bond acceptors (Lipinski definition) is 3. The van der Waals surface area contributed by atoms with Crippen LogP contribution < -0.4 is 5.32 Å².